The Bertz CT molecular complexity index is 183. The number of nitrogens with two attached hydrogens (primary N) is 1. The van der Waals surface area contributed by atoms with E-state index in [2.05, 4.69) is 4.99 Å². The van der Waals surface area contributed by atoms with Crippen LogP contribution in [0.2, 0.25) is 0 Å². The number of carbonyl (C=O) groups excluding carboxylic acids is 1. The van der Waals surface area contributed by atoms with Gasteiger partial charge in [-0.25, -0.2) is 0 Å². The van der Waals surface area contributed by atoms with E-state index in [0.29, 0.717) is 12.1 Å². The molecular formula is C8H14N2O. The van der Waals surface area contributed by atoms with E-state index in [1.807, 2.05) is 6.92 Å². The van der Waals surface area contributed by atoms with E-state index in [4.69, 9.17) is 5.73 Å². The van der Waals surface area contributed by atoms with Gasteiger partial charge in [0, 0.05) is 13.5 Å². The highest BCUT2D eigenvalue weighted by Gasteiger charge is 2.04. The maximum Gasteiger partial charge on any atom is 0.180 e. The monoisotopic (exact) mass is 154 g/mol. The van der Waals surface area contributed by atoms with E-state index >= 15 is 0 Å². The van der Waals surface area contributed by atoms with Gasteiger partial charge in [-0.15, -0.1) is 0 Å². The van der Waals surface area contributed by atoms with Crippen molar-refractivity contribution in [3.63, 3.8) is 0 Å². The number of hydrogen-bond donors (Lipinski definition) is 1. The van der Waals surface area contributed by atoms with E-state index in [9.17, 15) is 4.79 Å². The lowest BCUT2D eigenvalue weighted by molar-refractivity contribution is -0.112. The third kappa shape index (κ3) is 3.55. The van der Waals surface area contributed by atoms with Crippen LogP contribution in [0.4, 0.5) is 0 Å². The first-order valence-electron chi connectivity index (χ1n) is 3.64. The topological polar surface area (TPSA) is 55.5 Å². The van der Waals surface area contributed by atoms with Gasteiger partial charge in [-0.05, 0) is 18.7 Å². The van der Waals surface area contributed by atoms with Crippen molar-refractivity contribution in [2.24, 2.45) is 10.7 Å². The maximum absolute atomic E-state index is 11.1. The first-order valence-corrected chi connectivity index (χ1v) is 3.64. The van der Waals surface area contributed by atoms with Gasteiger partial charge in [-0.1, -0.05) is 6.92 Å². The molecule has 3 nitrogen and oxygen atoms in total. The van der Waals surface area contributed by atoms with Crippen molar-refractivity contribution in [2.75, 3.05) is 7.05 Å². The Hall–Kier alpha value is -1.12. The van der Waals surface area contributed by atoms with Crippen molar-refractivity contribution < 1.29 is 4.79 Å². The molecule has 0 spiro atoms. The summed E-state index contributed by atoms with van der Waals surface area (Å²) in [6.07, 6.45) is 4.24. The number of aliphatic imine (C=N–C) groups is 1. The van der Waals surface area contributed by atoms with E-state index in [1.54, 1.807) is 7.05 Å². The minimum Gasteiger partial charge on any atom is -0.405 e. The predicted octanol–water partition coefficient (Wildman–Crippen LogP) is 0.899. The quantitative estimate of drug-likeness (QED) is 0.611. The molecule has 0 aliphatic heterocycles. The molecule has 0 aromatic rings. The fraction of sp³-hybridized carbons (Fsp3) is 0.500. The Kier molecular flexibility index (Phi) is 5.07. The molecule has 62 valence electrons. The summed E-state index contributed by atoms with van der Waals surface area (Å²) >= 11 is 0. The Morgan fingerprint density at radius 1 is 1.64 bits per heavy atom. The summed E-state index contributed by atoms with van der Waals surface area (Å²) in [5.74, 6) is 0.0525. The summed E-state index contributed by atoms with van der Waals surface area (Å²) in [7, 11) is 1.59. The van der Waals surface area contributed by atoms with Crippen LogP contribution in [0.1, 0.15) is 19.8 Å². The molecule has 0 aliphatic rings. The first kappa shape index (κ1) is 9.88. The fourth-order valence-electron chi connectivity index (χ4n) is 0.738. The molecule has 0 atom stereocenters. The lowest BCUT2D eigenvalue weighted by Crippen LogP contribution is -2.11. The highest BCUT2D eigenvalue weighted by atomic mass is 16.1. The van der Waals surface area contributed by atoms with E-state index in [1.165, 1.54) is 12.3 Å². The zero-order chi connectivity index (χ0) is 8.69. The summed E-state index contributed by atoms with van der Waals surface area (Å²) in [6.45, 7) is 1.96. The predicted molar refractivity (Wildman–Crippen MR) is 46.6 cm³/mol. The van der Waals surface area contributed by atoms with Crippen LogP contribution in [-0.4, -0.2) is 18.5 Å². The summed E-state index contributed by atoms with van der Waals surface area (Å²) in [5.41, 5.74) is 5.58. The molecule has 0 heterocycles. The average Bonchev–Trinajstić information content (AvgIpc) is 2.00. The minimum absolute atomic E-state index is 0.0525. The van der Waals surface area contributed by atoms with Crippen molar-refractivity contribution in [2.45, 2.75) is 19.8 Å². The molecule has 0 fully saturated rings. The SMILES string of the molecule is CCCC(=O)C(C=CN)=NC. The van der Waals surface area contributed by atoms with Crippen LogP contribution >= 0.6 is 0 Å². The third-order valence-corrected chi connectivity index (χ3v) is 1.26. The molecule has 0 saturated carbocycles. The second-order valence-corrected chi connectivity index (χ2v) is 2.14. The van der Waals surface area contributed by atoms with Gasteiger partial charge in [0.25, 0.3) is 0 Å². The molecule has 0 amide bonds. The average molecular weight is 154 g/mol. The van der Waals surface area contributed by atoms with Crippen LogP contribution in [-0.2, 0) is 4.79 Å². The Balaban J connectivity index is 4.16. The molecule has 0 rings (SSSR count). The zero-order valence-corrected chi connectivity index (χ0v) is 7.00. The second-order valence-electron chi connectivity index (χ2n) is 2.14. The van der Waals surface area contributed by atoms with Gasteiger partial charge in [0.05, 0.1) is 0 Å². The highest BCUT2D eigenvalue weighted by molar-refractivity contribution is 6.44. The largest absolute Gasteiger partial charge is 0.405 e. The van der Waals surface area contributed by atoms with Gasteiger partial charge < -0.3 is 5.73 Å². The number of carbonyl (C=O) groups is 1. The third-order valence-electron chi connectivity index (χ3n) is 1.26. The summed E-state index contributed by atoms with van der Waals surface area (Å²) < 4.78 is 0. The number of rotatable bonds is 4. The van der Waals surface area contributed by atoms with Crippen LogP contribution < -0.4 is 5.73 Å². The Morgan fingerprint density at radius 2 is 2.27 bits per heavy atom. The van der Waals surface area contributed by atoms with Crippen LogP contribution in [0.5, 0.6) is 0 Å². The lowest BCUT2D eigenvalue weighted by atomic mass is 10.1. The molecule has 0 aromatic heterocycles. The molecule has 0 aliphatic carbocycles. The highest BCUT2D eigenvalue weighted by Crippen LogP contribution is 1.93. The smallest absolute Gasteiger partial charge is 0.180 e. The molecule has 0 saturated heterocycles. The van der Waals surface area contributed by atoms with E-state index in [0.717, 1.165) is 6.42 Å². The van der Waals surface area contributed by atoms with Gasteiger partial charge in [0.2, 0.25) is 0 Å². The van der Waals surface area contributed by atoms with Crippen molar-refractivity contribution >= 4 is 11.5 Å². The summed E-state index contributed by atoms with van der Waals surface area (Å²) in [5, 5.41) is 0. The molecular weight excluding hydrogens is 140 g/mol. The Morgan fingerprint density at radius 3 is 2.64 bits per heavy atom. The van der Waals surface area contributed by atoms with E-state index in [-0.39, 0.29) is 5.78 Å². The van der Waals surface area contributed by atoms with Crippen molar-refractivity contribution in [3.05, 3.63) is 12.3 Å². The van der Waals surface area contributed by atoms with E-state index < -0.39 is 0 Å². The second kappa shape index (κ2) is 5.65. The van der Waals surface area contributed by atoms with Gasteiger partial charge in [0.15, 0.2) is 5.78 Å². The number of hydrogen-bond acceptors (Lipinski definition) is 3. The number of ketones is 1. The number of nitrogens with zero attached hydrogens (tertiary/aromatic N) is 1. The molecule has 0 bridgehead atoms. The molecule has 0 aromatic carbocycles. The fourth-order valence-corrected chi connectivity index (χ4v) is 0.738. The summed E-state index contributed by atoms with van der Waals surface area (Å²) in [6, 6.07) is 0. The van der Waals surface area contributed by atoms with Crippen molar-refractivity contribution in [1.82, 2.24) is 0 Å². The standard InChI is InChI=1S/C8H14N2O/c1-3-4-8(11)7(10-2)5-6-9/h5-6H,3-4,9H2,1-2H3. The van der Waals surface area contributed by atoms with Crippen LogP contribution in [0.25, 0.3) is 0 Å². The van der Waals surface area contributed by atoms with Crippen LogP contribution in [0.15, 0.2) is 17.3 Å². The van der Waals surface area contributed by atoms with Gasteiger partial charge >= 0.3 is 0 Å². The minimum atomic E-state index is 0.0525. The molecule has 2 N–H and O–H groups in total. The molecule has 11 heavy (non-hydrogen) atoms. The molecule has 0 unspecified atom stereocenters. The van der Waals surface area contributed by atoms with Gasteiger partial charge in [0.1, 0.15) is 5.71 Å². The first-order chi connectivity index (χ1) is 5.26. The lowest BCUT2D eigenvalue weighted by Gasteiger charge is -1.95. The van der Waals surface area contributed by atoms with Crippen LogP contribution in [0.3, 0.4) is 0 Å². The normalized spacial score (nSPS) is 12.4. The molecule has 3 heteroatoms. The van der Waals surface area contributed by atoms with Crippen LogP contribution in [0, 0.1) is 0 Å². The number of allylic oxidation sites excluding steroid dienone is 1. The zero-order valence-electron chi connectivity index (χ0n) is 7.00. The van der Waals surface area contributed by atoms with Crippen molar-refractivity contribution in [3.8, 4) is 0 Å². The van der Waals surface area contributed by atoms with Crippen molar-refractivity contribution in [1.29, 1.82) is 0 Å². The van der Waals surface area contributed by atoms with Gasteiger partial charge in [-0.3, -0.25) is 9.79 Å². The summed E-state index contributed by atoms with van der Waals surface area (Å²) in [4.78, 5) is 14.9. The molecule has 0 radical (unpaired) electrons. The van der Waals surface area contributed by atoms with Gasteiger partial charge in [-0.2, -0.15) is 0 Å². The number of Topliss-reactive ketones (excluding diaryl/α,β-unsaturated/α-hetero) is 1. The maximum atomic E-state index is 11.1. The Labute approximate surface area is 67.0 Å².